The third kappa shape index (κ3) is 5.28. The zero-order valence-corrected chi connectivity index (χ0v) is 10.5. The van der Waals surface area contributed by atoms with Gasteiger partial charge in [0.1, 0.15) is 34.0 Å². The first-order valence-electron chi connectivity index (χ1n) is 4.28. The molecule has 3 heteroatoms. The summed E-state index contributed by atoms with van der Waals surface area (Å²) in [5.74, 6) is 0.0964. The lowest BCUT2D eigenvalue weighted by Crippen LogP contribution is -2.03. The van der Waals surface area contributed by atoms with Crippen LogP contribution in [0.2, 0.25) is 0 Å². The average Bonchev–Trinajstić information content (AvgIpc) is 2.04. The van der Waals surface area contributed by atoms with Crippen LogP contribution in [0.4, 0.5) is 0 Å². The molecule has 0 radical (unpaired) electrons. The van der Waals surface area contributed by atoms with Gasteiger partial charge in [-0.15, -0.1) is 0 Å². The normalized spacial score (nSPS) is 11.3. The highest BCUT2D eigenvalue weighted by Crippen LogP contribution is 2.58. The molecule has 0 aliphatic rings. The van der Waals surface area contributed by atoms with Crippen LogP contribution in [0.5, 0.6) is 5.75 Å². The predicted molar refractivity (Wildman–Crippen MR) is 64.5 cm³/mol. The van der Waals surface area contributed by atoms with Gasteiger partial charge in [-0.2, -0.15) is 0 Å². The van der Waals surface area contributed by atoms with Gasteiger partial charge in [-0.05, 0) is 12.1 Å². The maximum absolute atomic E-state index is 5.58. The van der Waals surface area contributed by atoms with Crippen LogP contribution in [0, 0.1) is 0 Å². The van der Waals surface area contributed by atoms with E-state index in [0.29, 0.717) is 0 Å². The summed E-state index contributed by atoms with van der Waals surface area (Å²) in [4.78, 5) is 0. The van der Waals surface area contributed by atoms with E-state index in [0.717, 1.165) is 18.5 Å². The van der Waals surface area contributed by atoms with E-state index in [-0.39, 0.29) is 0 Å². The highest BCUT2D eigenvalue weighted by atomic mass is 79.9. The van der Waals surface area contributed by atoms with Crippen LogP contribution in [-0.2, 0) is 0 Å². The molecule has 0 aromatic heterocycles. The Labute approximate surface area is 88.6 Å². The van der Waals surface area contributed by atoms with Gasteiger partial charge in [0.05, 0.1) is 19.3 Å². The van der Waals surface area contributed by atoms with Crippen LogP contribution in [0.25, 0.3) is 0 Å². The molecule has 0 aliphatic heterocycles. The minimum Gasteiger partial charge on any atom is -0.490 e. The molecule has 1 nitrogen and oxygen atoms in total. The lowest BCUT2D eigenvalue weighted by molar-refractivity contribution is 0.343. The molecule has 1 aromatic carbocycles. The number of halogens is 1. The van der Waals surface area contributed by atoms with E-state index < -0.39 is 5.96 Å². The minimum absolute atomic E-state index is 0.802. The summed E-state index contributed by atoms with van der Waals surface area (Å²) < 4.78 is 5.58. The zero-order valence-electron chi connectivity index (χ0n) is 8.03. The maximum atomic E-state index is 5.58. The molecule has 0 amide bonds. The van der Waals surface area contributed by atoms with Crippen molar-refractivity contribution in [2.75, 3.05) is 26.1 Å². The summed E-state index contributed by atoms with van der Waals surface area (Å²) in [6, 6.07) is 9.95. The fourth-order valence-electron chi connectivity index (χ4n) is 0.897. The first-order chi connectivity index (χ1) is 6.08. The van der Waals surface area contributed by atoms with Gasteiger partial charge in [-0.1, -0.05) is 18.2 Å². The summed E-state index contributed by atoms with van der Waals surface area (Å²) in [5.41, 5.74) is 0. The number of ether oxygens (including phenoxy) is 1. The van der Waals surface area contributed by atoms with E-state index >= 15 is 0 Å². The molecule has 0 fully saturated rings. The summed E-state index contributed by atoms with van der Waals surface area (Å²) >= 11 is 3.68. The van der Waals surface area contributed by atoms with E-state index in [4.69, 9.17) is 4.74 Å². The Kier molecular flexibility index (Phi) is 4.21. The number of para-hydroxylation sites is 1. The van der Waals surface area contributed by atoms with Crippen LogP contribution in [0.15, 0.2) is 30.3 Å². The van der Waals surface area contributed by atoms with Gasteiger partial charge in [0.15, 0.2) is 0 Å². The Hall–Kier alpha value is -0.0700. The minimum atomic E-state index is -0.865. The first kappa shape index (κ1) is 11.0. The molecular weight excluding hydrogens is 247 g/mol. The van der Waals surface area contributed by atoms with Crippen LogP contribution in [0.3, 0.4) is 0 Å². The first-order valence-corrected chi connectivity index (χ1v) is 9.17. The van der Waals surface area contributed by atoms with Crippen molar-refractivity contribution in [1.29, 1.82) is 0 Å². The van der Waals surface area contributed by atoms with E-state index in [1.54, 1.807) is 0 Å². The van der Waals surface area contributed by atoms with Gasteiger partial charge < -0.3 is 4.74 Å². The molecule has 0 bridgehead atoms. The fourth-order valence-corrected chi connectivity index (χ4v) is 1.86. The molecule has 0 spiro atoms. The van der Waals surface area contributed by atoms with Crippen molar-refractivity contribution >= 4 is 21.5 Å². The van der Waals surface area contributed by atoms with Gasteiger partial charge in [0.2, 0.25) is 0 Å². The van der Waals surface area contributed by atoms with E-state index in [1.165, 1.54) is 0 Å². The molecule has 13 heavy (non-hydrogen) atoms. The molecule has 0 N–H and O–H groups in total. The second-order valence-electron chi connectivity index (χ2n) is 3.42. The SMILES string of the molecule is C[P+](C)(Br)CCOc1ccccc1. The lowest BCUT2D eigenvalue weighted by Gasteiger charge is -2.09. The second kappa shape index (κ2) is 4.97. The average molecular weight is 262 g/mol. The summed E-state index contributed by atoms with van der Waals surface area (Å²) in [5, 5.41) is 0. The smallest absolute Gasteiger partial charge is 0.138 e. The molecule has 0 heterocycles. The Morgan fingerprint density at radius 2 is 1.85 bits per heavy atom. The number of benzene rings is 1. The van der Waals surface area contributed by atoms with Gasteiger partial charge in [0.25, 0.3) is 0 Å². The van der Waals surface area contributed by atoms with Crippen LogP contribution >= 0.6 is 21.5 Å². The van der Waals surface area contributed by atoms with E-state index in [9.17, 15) is 0 Å². The highest BCUT2D eigenvalue weighted by Gasteiger charge is 2.20. The van der Waals surface area contributed by atoms with Crippen molar-refractivity contribution in [3.8, 4) is 5.75 Å². The molecular formula is C10H15BrOP+. The van der Waals surface area contributed by atoms with Crippen molar-refractivity contribution in [3.05, 3.63) is 30.3 Å². The van der Waals surface area contributed by atoms with Crippen molar-refractivity contribution < 1.29 is 4.74 Å². The molecule has 0 atom stereocenters. The molecule has 0 saturated carbocycles. The molecule has 0 aliphatic carbocycles. The summed E-state index contributed by atoms with van der Waals surface area (Å²) in [7, 11) is 0. The van der Waals surface area contributed by atoms with E-state index in [1.807, 2.05) is 30.3 Å². The van der Waals surface area contributed by atoms with Crippen molar-refractivity contribution in [2.45, 2.75) is 0 Å². The molecule has 72 valence electrons. The molecule has 1 rings (SSSR count). The number of rotatable bonds is 4. The highest BCUT2D eigenvalue weighted by molar-refractivity contribution is 9.42. The third-order valence-corrected chi connectivity index (χ3v) is 3.94. The number of hydrogen-bond donors (Lipinski definition) is 0. The molecule has 0 unspecified atom stereocenters. The Morgan fingerprint density at radius 1 is 1.23 bits per heavy atom. The Morgan fingerprint density at radius 3 is 2.38 bits per heavy atom. The quantitative estimate of drug-likeness (QED) is 0.752. The Bertz CT molecular complexity index is 243. The maximum Gasteiger partial charge on any atom is 0.138 e. The lowest BCUT2D eigenvalue weighted by atomic mass is 10.3. The number of hydrogen-bond acceptors (Lipinski definition) is 1. The third-order valence-electron chi connectivity index (χ3n) is 1.63. The van der Waals surface area contributed by atoms with Crippen molar-refractivity contribution in [3.63, 3.8) is 0 Å². The van der Waals surface area contributed by atoms with Crippen molar-refractivity contribution in [1.82, 2.24) is 0 Å². The second-order valence-corrected chi connectivity index (χ2v) is 12.7. The Balaban J connectivity index is 2.29. The van der Waals surface area contributed by atoms with E-state index in [2.05, 4.69) is 28.8 Å². The standard InChI is InChI=1S/C10H15BrOP/c1-13(2,11)9-8-12-10-6-4-3-5-7-10/h3-7H,8-9H2,1-2H3/q+1. The summed E-state index contributed by atoms with van der Waals surface area (Å²) in [6.45, 7) is 5.30. The molecule has 0 saturated heterocycles. The molecule has 1 aromatic rings. The predicted octanol–water partition coefficient (Wildman–Crippen LogP) is 3.65. The van der Waals surface area contributed by atoms with Crippen molar-refractivity contribution in [2.24, 2.45) is 0 Å². The monoisotopic (exact) mass is 261 g/mol. The van der Waals surface area contributed by atoms with Gasteiger partial charge in [-0.25, -0.2) is 0 Å². The van der Waals surface area contributed by atoms with Gasteiger partial charge in [-0.3, -0.25) is 0 Å². The van der Waals surface area contributed by atoms with Crippen LogP contribution in [0.1, 0.15) is 0 Å². The van der Waals surface area contributed by atoms with Gasteiger partial charge in [0, 0.05) is 0 Å². The zero-order chi connectivity index (χ0) is 9.73. The van der Waals surface area contributed by atoms with Gasteiger partial charge >= 0.3 is 0 Å². The summed E-state index contributed by atoms with van der Waals surface area (Å²) in [6.07, 6.45) is 1.11. The topological polar surface area (TPSA) is 9.23 Å². The largest absolute Gasteiger partial charge is 0.490 e. The van der Waals surface area contributed by atoms with Crippen LogP contribution in [-0.4, -0.2) is 26.1 Å². The van der Waals surface area contributed by atoms with Crippen LogP contribution < -0.4 is 4.74 Å². The fraction of sp³-hybridized carbons (Fsp3) is 0.400.